The van der Waals surface area contributed by atoms with Gasteiger partial charge >= 0.3 is 5.97 Å². The van der Waals surface area contributed by atoms with Crippen molar-refractivity contribution in [3.63, 3.8) is 0 Å². The van der Waals surface area contributed by atoms with Crippen molar-refractivity contribution in [2.45, 2.75) is 32.9 Å². The number of amides is 1. The Kier molecular flexibility index (Phi) is 7.85. The average molecular weight is 343 g/mol. The molecule has 1 amide bonds. The van der Waals surface area contributed by atoms with Gasteiger partial charge in [-0.05, 0) is 24.1 Å². The molecule has 0 radical (unpaired) electrons. The van der Waals surface area contributed by atoms with Crippen LogP contribution < -0.4 is 15.4 Å². The monoisotopic (exact) mass is 342 g/mol. The van der Waals surface area contributed by atoms with Crippen LogP contribution in [0.3, 0.4) is 0 Å². The molecule has 0 fully saturated rings. The number of hydrogen-bond donors (Lipinski definition) is 3. The van der Waals surface area contributed by atoms with Crippen molar-refractivity contribution in [2.24, 2.45) is 5.92 Å². The zero-order valence-electron chi connectivity index (χ0n) is 13.6. The minimum atomic E-state index is -0.955. The topological polar surface area (TPSA) is 87.7 Å². The van der Waals surface area contributed by atoms with Gasteiger partial charge in [0.1, 0.15) is 11.8 Å². The summed E-state index contributed by atoms with van der Waals surface area (Å²) in [6, 6.07) is 4.40. The number of nitrogens with one attached hydrogen (secondary N) is 2. The van der Waals surface area contributed by atoms with Crippen molar-refractivity contribution < 1.29 is 19.4 Å². The molecule has 0 saturated carbocycles. The molecule has 1 aromatic carbocycles. The summed E-state index contributed by atoms with van der Waals surface area (Å²) in [6.07, 6.45) is 0.714. The van der Waals surface area contributed by atoms with E-state index in [0.29, 0.717) is 17.2 Å². The lowest BCUT2D eigenvalue weighted by Crippen LogP contribution is -2.46. The summed E-state index contributed by atoms with van der Waals surface area (Å²) in [4.78, 5) is 23.1. The summed E-state index contributed by atoms with van der Waals surface area (Å²) in [6.45, 7) is 3.93. The first-order chi connectivity index (χ1) is 10.9. The van der Waals surface area contributed by atoms with E-state index in [4.69, 9.17) is 21.4 Å². The minimum absolute atomic E-state index is 0.0617. The average Bonchev–Trinajstić information content (AvgIpc) is 2.52. The number of carboxylic acid groups (broad SMARTS) is 1. The van der Waals surface area contributed by atoms with Gasteiger partial charge in [-0.2, -0.15) is 0 Å². The van der Waals surface area contributed by atoms with E-state index in [9.17, 15) is 9.59 Å². The van der Waals surface area contributed by atoms with Gasteiger partial charge in [0, 0.05) is 17.1 Å². The van der Waals surface area contributed by atoms with Gasteiger partial charge in [0.05, 0.1) is 13.7 Å². The van der Waals surface area contributed by atoms with E-state index in [0.717, 1.165) is 5.56 Å². The Bertz CT molecular complexity index is 551. The molecule has 2 atom stereocenters. The molecule has 6 nitrogen and oxygen atoms in total. The van der Waals surface area contributed by atoms with Crippen LogP contribution in [0.4, 0.5) is 0 Å². The number of halogens is 1. The lowest BCUT2D eigenvalue weighted by atomic mass is 9.99. The highest BCUT2D eigenvalue weighted by atomic mass is 35.5. The van der Waals surface area contributed by atoms with Crippen LogP contribution in [0.15, 0.2) is 18.2 Å². The zero-order valence-corrected chi connectivity index (χ0v) is 14.3. The molecule has 0 unspecified atom stereocenters. The van der Waals surface area contributed by atoms with Gasteiger partial charge in [0.25, 0.3) is 0 Å². The summed E-state index contributed by atoms with van der Waals surface area (Å²) in [5, 5.41) is 15.2. The van der Waals surface area contributed by atoms with Gasteiger partial charge in [-0.15, -0.1) is 0 Å². The highest BCUT2D eigenvalue weighted by Crippen LogP contribution is 2.22. The quantitative estimate of drug-likeness (QED) is 0.639. The Balaban J connectivity index is 2.54. The molecule has 1 aromatic rings. The molecule has 0 spiro atoms. The van der Waals surface area contributed by atoms with E-state index < -0.39 is 12.0 Å². The van der Waals surface area contributed by atoms with E-state index in [1.54, 1.807) is 25.3 Å². The minimum Gasteiger partial charge on any atom is -0.496 e. The first-order valence-electron chi connectivity index (χ1n) is 7.44. The highest BCUT2D eigenvalue weighted by Gasteiger charge is 2.23. The first kappa shape index (κ1) is 19.3. The zero-order chi connectivity index (χ0) is 17.4. The molecule has 0 aliphatic carbocycles. The summed E-state index contributed by atoms with van der Waals surface area (Å²) >= 11 is 5.93. The number of aliphatic carboxylic acids is 1. The SMILES string of the molecule is CC[C@H](C)[C@H](NCC(=O)NCc1cc(Cl)ccc1OC)C(=O)O. The second-order valence-corrected chi connectivity index (χ2v) is 5.75. The Morgan fingerprint density at radius 3 is 2.65 bits per heavy atom. The predicted molar refractivity (Wildman–Crippen MR) is 88.7 cm³/mol. The molecule has 1 rings (SSSR count). The summed E-state index contributed by atoms with van der Waals surface area (Å²) in [5.41, 5.74) is 0.755. The number of hydrogen-bond acceptors (Lipinski definition) is 4. The van der Waals surface area contributed by atoms with Crippen LogP contribution in [0, 0.1) is 5.92 Å². The van der Waals surface area contributed by atoms with Crippen LogP contribution in [-0.2, 0) is 16.1 Å². The largest absolute Gasteiger partial charge is 0.496 e. The fourth-order valence-electron chi connectivity index (χ4n) is 2.11. The van der Waals surface area contributed by atoms with Crippen LogP contribution >= 0.6 is 11.6 Å². The molecular weight excluding hydrogens is 320 g/mol. The van der Waals surface area contributed by atoms with Gasteiger partial charge < -0.3 is 15.2 Å². The maximum atomic E-state index is 11.9. The third kappa shape index (κ3) is 6.08. The third-order valence-electron chi connectivity index (χ3n) is 3.68. The second kappa shape index (κ2) is 9.37. The molecule has 3 N–H and O–H groups in total. The van der Waals surface area contributed by atoms with Crippen LogP contribution in [0.1, 0.15) is 25.8 Å². The van der Waals surface area contributed by atoms with E-state index in [-0.39, 0.29) is 24.9 Å². The molecule has 0 aromatic heterocycles. The van der Waals surface area contributed by atoms with Crippen LogP contribution in [-0.4, -0.2) is 36.7 Å². The van der Waals surface area contributed by atoms with Gasteiger partial charge in [0.15, 0.2) is 0 Å². The Labute approximate surface area is 141 Å². The molecular formula is C16H23ClN2O4. The number of rotatable bonds is 9. The van der Waals surface area contributed by atoms with Crippen molar-refractivity contribution in [3.05, 3.63) is 28.8 Å². The van der Waals surface area contributed by atoms with Crippen molar-refractivity contribution in [2.75, 3.05) is 13.7 Å². The Morgan fingerprint density at radius 1 is 1.39 bits per heavy atom. The molecule has 0 bridgehead atoms. The lowest BCUT2D eigenvalue weighted by molar-refractivity contribution is -0.140. The smallest absolute Gasteiger partial charge is 0.320 e. The summed E-state index contributed by atoms with van der Waals surface area (Å²) in [7, 11) is 1.54. The molecule has 0 aliphatic rings. The fraction of sp³-hybridized carbons (Fsp3) is 0.500. The maximum absolute atomic E-state index is 11.9. The van der Waals surface area contributed by atoms with Gasteiger partial charge in [-0.25, -0.2) is 0 Å². The second-order valence-electron chi connectivity index (χ2n) is 5.32. The van der Waals surface area contributed by atoms with Gasteiger partial charge in [-0.1, -0.05) is 31.9 Å². The van der Waals surface area contributed by atoms with Crippen LogP contribution in [0.25, 0.3) is 0 Å². The normalized spacial score (nSPS) is 13.2. The third-order valence-corrected chi connectivity index (χ3v) is 3.92. The maximum Gasteiger partial charge on any atom is 0.320 e. The molecule has 0 saturated heterocycles. The fourth-order valence-corrected chi connectivity index (χ4v) is 2.31. The first-order valence-corrected chi connectivity index (χ1v) is 7.82. The van der Waals surface area contributed by atoms with E-state index in [1.807, 2.05) is 13.8 Å². The summed E-state index contributed by atoms with van der Waals surface area (Å²) < 4.78 is 5.21. The van der Waals surface area contributed by atoms with Gasteiger partial charge in [-0.3, -0.25) is 14.9 Å². The highest BCUT2D eigenvalue weighted by molar-refractivity contribution is 6.30. The number of ether oxygens (including phenoxy) is 1. The van der Waals surface area contributed by atoms with Crippen molar-refractivity contribution in [1.29, 1.82) is 0 Å². The molecule has 7 heteroatoms. The van der Waals surface area contributed by atoms with Crippen LogP contribution in [0.2, 0.25) is 5.02 Å². The van der Waals surface area contributed by atoms with E-state index in [1.165, 1.54) is 0 Å². The standard InChI is InChI=1S/C16H23ClN2O4/c1-4-10(2)15(16(21)22)19-9-14(20)18-8-11-7-12(17)5-6-13(11)23-3/h5-7,10,15,19H,4,8-9H2,1-3H3,(H,18,20)(H,21,22)/t10-,15-/m0/s1. The number of carbonyl (C=O) groups excluding carboxylic acids is 1. The number of benzene rings is 1. The van der Waals surface area contributed by atoms with Crippen molar-refractivity contribution in [1.82, 2.24) is 10.6 Å². The van der Waals surface area contributed by atoms with Crippen molar-refractivity contribution >= 4 is 23.5 Å². The number of methoxy groups -OCH3 is 1. The number of carboxylic acids is 1. The predicted octanol–water partition coefficient (Wildman–Crippen LogP) is 2.05. The number of carbonyl (C=O) groups is 2. The Morgan fingerprint density at radius 2 is 2.09 bits per heavy atom. The molecule has 128 valence electrons. The van der Waals surface area contributed by atoms with Crippen molar-refractivity contribution in [3.8, 4) is 5.75 Å². The molecule has 0 aliphatic heterocycles. The lowest BCUT2D eigenvalue weighted by Gasteiger charge is -2.20. The van der Waals surface area contributed by atoms with E-state index >= 15 is 0 Å². The Hall–Kier alpha value is -1.79. The van der Waals surface area contributed by atoms with Gasteiger partial charge in [0.2, 0.25) is 5.91 Å². The summed E-state index contributed by atoms with van der Waals surface area (Å²) in [5.74, 6) is -0.677. The van der Waals surface area contributed by atoms with E-state index in [2.05, 4.69) is 10.6 Å². The molecule has 0 heterocycles. The molecule has 23 heavy (non-hydrogen) atoms. The van der Waals surface area contributed by atoms with Crippen LogP contribution in [0.5, 0.6) is 5.75 Å².